The van der Waals surface area contributed by atoms with E-state index >= 15 is 0 Å². The number of ether oxygens (including phenoxy) is 1. The second-order valence-corrected chi connectivity index (χ2v) is 4.00. The number of hydrogen-bond donors (Lipinski definition) is 1. The monoisotopic (exact) mass is 232 g/mol. The molecule has 1 aromatic carbocycles. The van der Waals surface area contributed by atoms with E-state index in [9.17, 15) is 5.11 Å². The summed E-state index contributed by atoms with van der Waals surface area (Å²) in [5.74, 6) is 0.676. The van der Waals surface area contributed by atoms with E-state index in [0.717, 1.165) is 11.3 Å². The van der Waals surface area contributed by atoms with Crippen LogP contribution in [0.4, 0.5) is 0 Å². The van der Waals surface area contributed by atoms with E-state index in [1.54, 1.807) is 6.07 Å². The van der Waals surface area contributed by atoms with E-state index in [-0.39, 0.29) is 0 Å². The molecule has 0 aliphatic carbocycles. The molecule has 1 atom stereocenters. The molecule has 0 radical (unpaired) electrons. The van der Waals surface area contributed by atoms with Crippen molar-refractivity contribution in [1.82, 2.24) is 4.98 Å². The fourth-order valence-electron chi connectivity index (χ4n) is 1.10. The van der Waals surface area contributed by atoms with Gasteiger partial charge in [0.1, 0.15) is 5.75 Å². The molecule has 80 valence electrons. The van der Waals surface area contributed by atoms with Crippen LogP contribution in [0.1, 0.15) is 11.0 Å². The number of thiazole rings is 1. The van der Waals surface area contributed by atoms with Gasteiger partial charge in [-0.15, -0.1) is 0 Å². The van der Waals surface area contributed by atoms with Crippen molar-refractivity contribution in [3.8, 4) is 17.0 Å². The Labute approximate surface area is 96.4 Å². The SMILES string of the molecule is N#CC(O)c1cnc(Oc2ccccc2)s1. The van der Waals surface area contributed by atoms with Gasteiger partial charge in [0.05, 0.1) is 10.9 Å². The number of para-hydroxylation sites is 1. The Morgan fingerprint density at radius 2 is 2.12 bits per heavy atom. The van der Waals surface area contributed by atoms with Crippen LogP contribution in [0.2, 0.25) is 0 Å². The van der Waals surface area contributed by atoms with Gasteiger partial charge >= 0.3 is 0 Å². The van der Waals surface area contributed by atoms with Crippen molar-refractivity contribution >= 4 is 11.3 Å². The Balaban J connectivity index is 2.12. The number of nitriles is 1. The molecule has 1 N–H and O–H groups in total. The van der Waals surface area contributed by atoms with Gasteiger partial charge in [0.15, 0.2) is 6.10 Å². The third kappa shape index (κ3) is 2.37. The number of hydrogen-bond acceptors (Lipinski definition) is 5. The van der Waals surface area contributed by atoms with E-state index < -0.39 is 6.10 Å². The van der Waals surface area contributed by atoms with E-state index in [1.165, 1.54) is 6.20 Å². The standard InChI is InChI=1S/C11H8N2O2S/c12-6-9(14)10-7-13-11(16-10)15-8-4-2-1-3-5-8/h1-5,7,9,14H. The van der Waals surface area contributed by atoms with E-state index in [1.807, 2.05) is 30.3 Å². The molecular weight excluding hydrogens is 224 g/mol. The first-order valence-electron chi connectivity index (χ1n) is 4.56. The van der Waals surface area contributed by atoms with Crippen LogP contribution in [-0.4, -0.2) is 10.1 Å². The summed E-state index contributed by atoms with van der Waals surface area (Å²) in [5, 5.41) is 18.2. The van der Waals surface area contributed by atoms with Crippen molar-refractivity contribution in [3.63, 3.8) is 0 Å². The Morgan fingerprint density at radius 3 is 2.81 bits per heavy atom. The molecule has 0 aliphatic heterocycles. The fourth-order valence-corrected chi connectivity index (χ4v) is 1.81. The predicted octanol–water partition coefficient (Wildman–Crippen LogP) is 2.49. The van der Waals surface area contributed by atoms with Crippen molar-refractivity contribution in [2.24, 2.45) is 0 Å². The van der Waals surface area contributed by atoms with Gasteiger partial charge in [-0.05, 0) is 12.1 Å². The van der Waals surface area contributed by atoms with Crippen LogP contribution in [0.3, 0.4) is 0 Å². The molecule has 2 aromatic rings. The number of aromatic nitrogens is 1. The first-order valence-corrected chi connectivity index (χ1v) is 5.37. The Kier molecular flexibility index (Phi) is 3.15. The van der Waals surface area contributed by atoms with Crippen LogP contribution < -0.4 is 4.74 Å². The minimum absolute atomic E-state index is 0.413. The van der Waals surface area contributed by atoms with Crippen LogP contribution in [-0.2, 0) is 0 Å². The number of nitrogens with zero attached hydrogens (tertiary/aromatic N) is 2. The van der Waals surface area contributed by atoms with Crippen LogP contribution in [0.15, 0.2) is 36.5 Å². The fraction of sp³-hybridized carbons (Fsp3) is 0.0909. The van der Waals surface area contributed by atoms with Crippen molar-refractivity contribution in [3.05, 3.63) is 41.4 Å². The maximum atomic E-state index is 9.26. The molecule has 0 bridgehead atoms. The smallest absolute Gasteiger partial charge is 0.279 e. The normalized spacial score (nSPS) is 11.8. The third-order valence-corrected chi connectivity index (χ3v) is 2.77. The second-order valence-electron chi connectivity index (χ2n) is 2.98. The summed E-state index contributed by atoms with van der Waals surface area (Å²) < 4.78 is 5.44. The summed E-state index contributed by atoms with van der Waals surface area (Å²) in [4.78, 5) is 4.45. The van der Waals surface area contributed by atoms with Gasteiger partial charge in [0.25, 0.3) is 5.19 Å². The molecule has 1 heterocycles. The molecule has 0 fully saturated rings. The maximum Gasteiger partial charge on any atom is 0.279 e. The third-order valence-electron chi connectivity index (χ3n) is 1.84. The summed E-state index contributed by atoms with van der Waals surface area (Å²) in [7, 11) is 0. The number of aliphatic hydroxyl groups is 1. The summed E-state index contributed by atoms with van der Waals surface area (Å²) >= 11 is 1.15. The zero-order valence-corrected chi connectivity index (χ0v) is 9.02. The van der Waals surface area contributed by atoms with E-state index in [4.69, 9.17) is 10.00 Å². The molecule has 4 nitrogen and oxygen atoms in total. The van der Waals surface area contributed by atoms with Crippen molar-refractivity contribution in [2.45, 2.75) is 6.10 Å². The topological polar surface area (TPSA) is 66.1 Å². The lowest BCUT2D eigenvalue weighted by Gasteiger charge is -1.99. The highest BCUT2D eigenvalue weighted by molar-refractivity contribution is 7.13. The van der Waals surface area contributed by atoms with Gasteiger partial charge in [0, 0.05) is 6.20 Å². The minimum Gasteiger partial charge on any atom is -0.431 e. The lowest BCUT2D eigenvalue weighted by Crippen LogP contribution is -1.87. The highest BCUT2D eigenvalue weighted by Gasteiger charge is 2.11. The van der Waals surface area contributed by atoms with Crippen molar-refractivity contribution < 1.29 is 9.84 Å². The summed E-state index contributed by atoms with van der Waals surface area (Å²) in [5.41, 5.74) is 0. The van der Waals surface area contributed by atoms with Gasteiger partial charge in [-0.2, -0.15) is 5.26 Å². The molecule has 1 unspecified atom stereocenters. The number of benzene rings is 1. The molecule has 5 heteroatoms. The zero-order chi connectivity index (χ0) is 11.4. The van der Waals surface area contributed by atoms with Gasteiger partial charge in [-0.25, -0.2) is 4.98 Å². The summed E-state index contributed by atoms with van der Waals surface area (Å²) in [6.45, 7) is 0. The number of aliphatic hydroxyl groups excluding tert-OH is 1. The van der Waals surface area contributed by atoms with Crippen LogP contribution in [0, 0.1) is 11.3 Å². The highest BCUT2D eigenvalue weighted by atomic mass is 32.1. The Hall–Kier alpha value is -1.90. The second kappa shape index (κ2) is 4.75. The molecule has 0 amide bonds. The molecule has 0 spiro atoms. The Bertz CT molecular complexity index is 504. The first kappa shape index (κ1) is 10.6. The Morgan fingerprint density at radius 1 is 1.38 bits per heavy atom. The van der Waals surface area contributed by atoms with Crippen LogP contribution in [0.5, 0.6) is 10.9 Å². The molecule has 16 heavy (non-hydrogen) atoms. The predicted molar refractivity (Wildman–Crippen MR) is 59.2 cm³/mol. The van der Waals surface area contributed by atoms with Gasteiger partial charge in [-0.1, -0.05) is 29.5 Å². The lowest BCUT2D eigenvalue weighted by molar-refractivity contribution is 0.239. The average molecular weight is 232 g/mol. The van der Waals surface area contributed by atoms with Crippen molar-refractivity contribution in [2.75, 3.05) is 0 Å². The van der Waals surface area contributed by atoms with Gasteiger partial charge in [-0.3, -0.25) is 0 Å². The molecule has 0 saturated carbocycles. The van der Waals surface area contributed by atoms with Gasteiger partial charge < -0.3 is 9.84 Å². The molecular formula is C11H8N2O2S. The average Bonchev–Trinajstić information content (AvgIpc) is 2.78. The van der Waals surface area contributed by atoms with E-state index in [0.29, 0.717) is 15.8 Å². The van der Waals surface area contributed by atoms with Crippen LogP contribution in [0.25, 0.3) is 0 Å². The van der Waals surface area contributed by atoms with E-state index in [2.05, 4.69) is 4.98 Å². The summed E-state index contributed by atoms with van der Waals surface area (Å²) in [6, 6.07) is 10.9. The van der Waals surface area contributed by atoms with Crippen molar-refractivity contribution in [1.29, 1.82) is 5.26 Å². The molecule has 0 aliphatic rings. The molecule has 2 rings (SSSR count). The zero-order valence-electron chi connectivity index (χ0n) is 8.20. The maximum absolute atomic E-state index is 9.26. The van der Waals surface area contributed by atoms with Crippen LogP contribution >= 0.6 is 11.3 Å². The summed E-state index contributed by atoms with van der Waals surface area (Å²) in [6.07, 6.45) is 0.308. The largest absolute Gasteiger partial charge is 0.431 e. The first-order chi connectivity index (χ1) is 7.79. The number of rotatable bonds is 3. The molecule has 0 saturated heterocycles. The molecule has 1 aromatic heterocycles. The minimum atomic E-state index is -1.13. The quantitative estimate of drug-likeness (QED) is 0.825. The highest BCUT2D eigenvalue weighted by Crippen LogP contribution is 2.29. The lowest BCUT2D eigenvalue weighted by atomic mass is 10.3. The van der Waals surface area contributed by atoms with Gasteiger partial charge in [0.2, 0.25) is 0 Å².